The Hall–Kier alpha value is -2.58. The van der Waals surface area contributed by atoms with Gasteiger partial charge in [0.1, 0.15) is 0 Å². The summed E-state index contributed by atoms with van der Waals surface area (Å²) < 4.78 is 38.1. The third-order valence-electron chi connectivity index (χ3n) is 5.52. The van der Waals surface area contributed by atoms with E-state index in [1.807, 2.05) is 32.0 Å². The molecule has 162 valence electrons. The fraction of sp³-hybridized carbons (Fsp3) is 0.409. The molecule has 1 N–H and O–H groups in total. The van der Waals surface area contributed by atoms with Gasteiger partial charge in [-0.05, 0) is 62.1 Å². The molecular formula is C22H28N2O5S. The minimum Gasteiger partial charge on any atom is -0.493 e. The van der Waals surface area contributed by atoms with Crippen LogP contribution >= 0.6 is 0 Å². The molecule has 1 aliphatic heterocycles. The molecule has 0 bridgehead atoms. The fourth-order valence-corrected chi connectivity index (χ4v) is 5.10. The highest BCUT2D eigenvalue weighted by atomic mass is 32.2. The van der Waals surface area contributed by atoms with Crippen LogP contribution in [0.4, 0.5) is 5.69 Å². The number of carbonyl (C=O) groups is 1. The van der Waals surface area contributed by atoms with E-state index >= 15 is 0 Å². The Kier molecular flexibility index (Phi) is 6.67. The fourth-order valence-electron chi connectivity index (χ4n) is 3.56. The monoisotopic (exact) mass is 432 g/mol. The maximum Gasteiger partial charge on any atom is 0.243 e. The molecule has 0 aromatic heterocycles. The Balaban J connectivity index is 1.76. The number of piperidine rings is 1. The molecule has 30 heavy (non-hydrogen) atoms. The normalized spacial score (nSPS) is 17.4. The Bertz CT molecular complexity index is 1040. The number of carbonyl (C=O) groups excluding carboxylic acids is 1. The van der Waals surface area contributed by atoms with Crippen LogP contribution in [0.3, 0.4) is 0 Å². The van der Waals surface area contributed by atoms with Gasteiger partial charge in [-0.3, -0.25) is 4.79 Å². The molecule has 1 amide bonds. The van der Waals surface area contributed by atoms with E-state index in [2.05, 4.69) is 5.32 Å². The highest BCUT2D eigenvalue weighted by Crippen LogP contribution is 2.32. The molecule has 0 aliphatic carbocycles. The average molecular weight is 433 g/mol. The lowest BCUT2D eigenvalue weighted by Gasteiger charge is -2.31. The van der Waals surface area contributed by atoms with Crippen molar-refractivity contribution in [2.24, 2.45) is 5.92 Å². The summed E-state index contributed by atoms with van der Waals surface area (Å²) in [5.41, 5.74) is 2.97. The SMILES string of the molecule is COc1ccc(S(=O)(=O)N2CCC[C@H](C(=O)Nc3ccc(C)c(C)c3)C2)cc1OC. The van der Waals surface area contributed by atoms with E-state index in [-0.39, 0.29) is 17.3 Å². The van der Waals surface area contributed by atoms with Crippen molar-refractivity contribution in [2.75, 3.05) is 32.6 Å². The van der Waals surface area contributed by atoms with Crippen molar-refractivity contribution in [3.8, 4) is 11.5 Å². The summed E-state index contributed by atoms with van der Waals surface area (Å²) in [5, 5.41) is 2.93. The zero-order valence-electron chi connectivity index (χ0n) is 17.8. The van der Waals surface area contributed by atoms with E-state index in [0.717, 1.165) is 16.8 Å². The third-order valence-corrected chi connectivity index (χ3v) is 7.38. The van der Waals surface area contributed by atoms with Crippen molar-refractivity contribution >= 4 is 21.6 Å². The summed E-state index contributed by atoms with van der Waals surface area (Å²) in [6.45, 7) is 4.53. The van der Waals surface area contributed by atoms with E-state index in [4.69, 9.17) is 9.47 Å². The summed E-state index contributed by atoms with van der Waals surface area (Å²) in [7, 11) is -0.797. The number of methoxy groups -OCH3 is 2. The van der Waals surface area contributed by atoms with Crippen LogP contribution in [0, 0.1) is 19.8 Å². The number of nitrogens with zero attached hydrogens (tertiary/aromatic N) is 1. The highest BCUT2D eigenvalue weighted by molar-refractivity contribution is 7.89. The number of hydrogen-bond acceptors (Lipinski definition) is 5. The summed E-state index contributed by atoms with van der Waals surface area (Å²) in [6, 6.07) is 10.3. The van der Waals surface area contributed by atoms with Gasteiger partial charge in [-0.2, -0.15) is 4.31 Å². The van der Waals surface area contributed by atoms with E-state index < -0.39 is 15.9 Å². The standard InChI is InChI=1S/C22H28N2O5S/c1-15-7-8-18(12-16(15)2)23-22(25)17-6-5-11-24(14-17)30(26,27)19-9-10-20(28-3)21(13-19)29-4/h7-10,12-13,17H,5-6,11,14H2,1-4H3,(H,23,25)/t17-/m0/s1. The molecule has 2 aromatic carbocycles. The molecule has 7 nitrogen and oxygen atoms in total. The van der Waals surface area contributed by atoms with Crippen LogP contribution in [0.2, 0.25) is 0 Å². The van der Waals surface area contributed by atoms with Gasteiger partial charge in [-0.15, -0.1) is 0 Å². The first kappa shape index (κ1) is 22.1. The molecule has 0 unspecified atom stereocenters. The maximum absolute atomic E-state index is 13.2. The van der Waals surface area contributed by atoms with Crippen molar-refractivity contribution in [1.29, 1.82) is 0 Å². The number of aryl methyl sites for hydroxylation is 2. The molecule has 1 heterocycles. The average Bonchev–Trinajstić information content (AvgIpc) is 2.75. The molecule has 3 rings (SSSR count). The molecule has 0 radical (unpaired) electrons. The second-order valence-electron chi connectivity index (χ2n) is 7.51. The highest BCUT2D eigenvalue weighted by Gasteiger charge is 2.33. The summed E-state index contributed by atoms with van der Waals surface area (Å²) in [5.74, 6) is 0.237. The van der Waals surface area contributed by atoms with Gasteiger partial charge >= 0.3 is 0 Å². The van der Waals surface area contributed by atoms with Crippen LogP contribution in [0.1, 0.15) is 24.0 Å². The van der Waals surface area contributed by atoms with Gasteiger partial charge in [-0.1, -0.05) is 6.07 Å². The van der Waals surface area contributed by atoms with Crippen LogP contribution in [-0.2, 0) is 14.8 Å². The van der Waals surface area contributed by atoms with Crippen molar-refractivity contribution in [3.05, 3.63) is 47.5 Å². The number of ether oxygens (including phenoxy) is 2. The molecule has 1 atom stereocenters. The molecular weight excluding hydrogens is 404 g/mol. The van der Waals surface area contributed by atoms with E-state index in [1.54, 1.807) is 6.07 Å². The van der Waals surface area contributed by atoms with Gasteiger partial charge in [-0.25, -0.2) is 8.42 Å². The summed E-state index contributed by atoms with van der Waals surface area (Å²) >= 11 is 0. The lowest BCUT2D eigenvalue weighted by Crippen LogP contribution is -2.43. The van der Waals surface area contributed by atoms with Crippen LogP contribution in [0.5, 0.6) is 11.5 Å². The van der Waals surface area contributed by atoms with Crippen LogP contribution < -0.4 is 14.8 Å². The van der Waals surface area contributed by atoms with E-state index in [0.29, 0.717) is 30.9 Å². The maximum atomic E-state index is 13.2. The number of rotatable bonds is 6. The van der Waals surface area contributed by atoms with Crippen LogP contribution in [-0.4, -0.2) is 45.9 Å². The van der Waals surface area contributed by atoms with E-state index in [9.17, 15) is 13.2 Å². The first-order chi connectivity index (χ1) is 14.3. The van der Waals surface area contributed by atoms with Crippen molar-refractivity contribution < 1.29 is 22.7 Å². The molecule has 0 spiro atoms. The van der Waals surface area contributed by atoms with Gasteiger partial charge in [0.25, 0.3) is 0 Å². The Morgan fingerprint density at radius 2 is 1.77 bits per heavy atom. The Labute approximate surface area is 178 Å². The van der Waals surface area contributed by atoms with Gasteiger partial charge in [0.05, 0.1) is 25.0 Å². The minimum atomic E-state index is -3.75. The van der Waals surface area contributed by atoms with Gasteiger partial charge in [0.2, 0.25) is 15.9 Å². The second-order valence-corrected chi connectivity index (χ2v) is 9.45. The van der Waals surface area contributed by atoms with Gasteiger partial charge in [0.15, 0.2) is 11.5 Å². The molecule has 2 aromatic rings. The molecule has 1 aliphatic rings. The molecule has 1 saturated heterocycles. The predicted molar refractivity (Wildman–Crippen MR) is 116 cm³/mol. The number of hydrogen-bond donors (Lipinski definition) is 1. The predicted octanol–water partition coefficient (Wildman–Crippen LogP) is 3.36. The number of sulfonamides is 1. The number of nitrogens with one attached hydrogen (secondary N) is 1. The number of anilines is 1. The molecule has 8 heteroatoms. The lowest BCUT2D eigenvalue weighted by atomic mass is 9.98. The van der Waals surface area contributed by atoms with Crippen LogP contribution in [0.15, 0.2) is 41.3 Å². The van der Waals surface area contributed by atoms with Gasteiger partial charge in [0, 0.05) is 24.8 Å². The minimum absolute atomic E-state index is 0.121. The second kappa shape index (κ2) is 9.06. The number of amides is 1. The van der Waals surface area contributed by atoms with Gasteiger partial charge < -0.3 is 14.8 Å². The largest absolute Gasteiger partial charge is 0.493 e. The van der Waals surface area contributed by atoms with E-state index in [1.165, 1.54) is 30.7 Å². The first-order valence-corrected chi connectivity index (χ1v) is 11.3. The van der Waals surface area contributed by atoms with Crippen molar-refractivity contribution in [1.82, 2.24) is 4.31 Å². The zero-order valence-corrected chi connectivity index (χ0v) is 18.6. The molecule has 0 saturated carbocycles. The zero-order chi connectivity index (χ0) is 21.9. The lowest BCUT2D eigenvalue weighted by molar-refractivity contribution is -0.120. The van der Waals surface area contributed by atoms with Crippen molar-refractivity contribution in [2.45, 2.75) is 31.6 Å². The van der Waals surface area contributed by atoms with Crippen LogP contribution in [0.25, 0.3) is 0 Å². The topological polar surface area (TPSA) is 84.9 Å². The third kappa shape index (κ3) is 4.60. The quantitative estimate of drug-likeness (QED) is 0.757. The Morgan fingerprint density at radius 3 is 2.43 bits per heavy atom. The first-order valence-electron chi connectivity index (χ1n) is 9.86. The number of benzene rings is 2. The summed E-state index contributed by atoms with van der Waals surface area (Å²) in [4.78, 5) is 12.9. The summed E-state index contributed by atoms with van der Waals surface area (Å²) in [6.07, 6.45) is 1.27. The molecule has 1 fully saturated rings. The Morgan fingerprint density at radius 1 is 1.03 bits per heavy atom. The van der Waals surface area contributed by atoms with Crippen molar-refractivity contribution in [3.63, 3.8) is 0 Å². The smallest absolute Gasteiger partial charge is 0.243 e.